The van der Waals surface area contributed by atoms with E-state index in [1.165, 1.54) is 11.1 Å². The Kier molecular flexibility index (Phi) is 4.52. The van der Waals surface area contributed by atoms with Crippen LogP contribution in [-0.2, 0) is 6.54 Å². The van der Waals surface area contributed by atoms with E-state index in [9.17, 15) is 0 Å². The molecule has 0 aliphatic carbocycles. The summed E-state index contributed by atoms with van der Waals surface area (Å²) in [5.74, 6) is 1.13. The molecule has 2 rings (SSSR count). The van der Waals surface area contributed by atoms with Crippen molar-refractivity contribution < 1.29 is 0 Å². The molecule has 0 unspecified atom stereocenters. The Bertz CT molecular complexity index is 636. The van der Waals surface area contributed by atoms with Gasteiger partial charge in [0.2, 0.25) is 0 Å². The predicted octanol–water partition coefficient (Wildman–Crippen LogP) is 2.64. The Labute approximate surface area is 125 Å². The molecule has 0 atom stereocenters. The number of aromatic nitrogens is 2. The monoisotopic (exact) mass is 283 g/mol. The van der Waals surface area contributed by atoms with E-state index < -0.39 is 0 Å². The second kappa shape index (κ2) is 6.35. The fourth-order valence-electron chi connectivity index (χ4n) is 2.28. The molecular formula is C16H21N5. The van der Waals surface area contributed by atoms with Crippen LogP contribution in [0.2, 0.25) is 0 Å². The molecule has 5 nitrogen and oxygen atoms in total. The first kappa shape index (κ1) is 15.0. The number of aryl methyl sites for hydroxylation is 4. The molecule has 1 aromatic carbocycles. The minimum absolute atomic E-state index is 0.383. The van der Waals surface area contributed by atoms with E-state index in [2.05, 4.69) is 40.2 Å². The van der Waals surface area contributed by atoms with Gasteiger partial charge in [0, 0.05) is 11.4 Å². The first-order valence-electron chi connectivity index (χ1n) is 6.89. The first-order valence-corrected chi connectivity index (χ1v) is 6.89. The summed E-state index contributed by atoms with van der Waals surface area (Å²) in [5.41, 5.74) is 11.1. The second-order valence-electron chi connectivity index (χ2n) is 5.25. The molecule has 0 saturated carbocycles. The minimum atomic E-state index is 0.383. The third kappa shape index (κ3) is 4.56. The number of nitrogens with two attached hydrogens (primary N) is 1. The zero-order valence-electron chi connectivity index (χ0n) is 12.9. The van der Waals surface area contributed by atoms with E-state index in [0.717, 1.165) is 22.9 Å². The molecule has 0 aliphatic heterocycles. The van der Waals surface area contributed by atoms with Crippen molar-refractivity contribution in [2.45, 2.75) is 34.2 Å². The SMILES string of the molecule is Cc1cc(C)cc(NC(N)=NCc2cc(C)nc(C)n2)c1. The van der Waals surface area contributed by atoms with Crippen LogP contribution in [0.3, 0.4) is 0 Å². The fraction of sp³-hybridized carbons (Fsp3) is 0.312. The quantitative estimate of drug-likeness (QED) is 0.670. The molecule has 0 spiro atoms. The first-order chi connectivity index (χ1) is 9.92. The van der Waals surface area contributed by atoms with Crippen LogP contribution in [0.4, 0.5) is 5.69 Å². The third-order valence-corrected chi connectivity index (χ3v) is 2.92. The van der Waals surface area contributed by atoms with Gasteiger partial charge in [-0.2, -0.15) is 0 Å². The Morgan fingerprint density at radius 3 is 2.33 bits per heavy atom. The molecular weight excluding hydrogens is 262 g/mol. The summed E-state index contributed by atoms with van der Waals surface area (Å²) in [6, 6.07) is 8.11. The number of anilines is 1. The van der Waals surface area contributed by atoms with Crippen LogP contribution >= 0.6 is 0 Å². The Hall–Kier alpha value is -2.43. The molecule has 0 fully saturated rings. The summed E-state index contributed by atoms with van der Waals surface area (Å²) < 4.78 is 0. The Morgan fingerprint density at radius 1 is 1.05 bits per heavy atom. The van der Waals surface area contributed by atoms with Crippen molar-refractivity contribution in [1.82, 2.24) is 9.97 Å². The number of hydrogen-bond acceptors (Lipinski definition) is 3. The maximum absolute atomic E-state index is 5.93. The van der Waals surface area contributed by atoms with Crippen molar-refractivity contribution in [2.24, 2.45) is 10.7 Å². The van der Waals surface area contributed by atoms with Crippen LogP contribution in [0.25, 0.3) is 0 Å². The van der Waals surface area contributed by atoms with Crippen LogP contribution in [0.5, 0.6) is 0 Å². The van der Waals surface area contributed by atoms with Gasteiger partial charge in [-0.15, -0.1) is 0 Å². The van der Waals surface area contributed by atoms with Gasteiger partial charge in [0.25, 0.3) is 0 Å². The van der Waals surface area contributed by atoms with Gasteiger partial charge in [-0.25, -0.2) is 15.0 Å². The van der Waals surface area contributed by atoms with Crippen molar-refractivity contribution in [3.05, 3.63) is 52.6 Å². The number of nitrogens with one attached hydrogen (secondary N) is 1. The molecule has 0 aliphatic rings. The maximum atomic E-state index is 5.93. The highest BCUT2D eigenvalue weighted by Crippen LogP contribution is 2.13. The molecule has 5 heteroatoms. The number of aliphatic imine (C=N–C) groups is 1. The van der Waals surface area contributed by atoms with Crippen molar-refractivity contribution in [2.75, 3.05) is 5.32 Å². The normalized spacial score (nSPS) is 11.5. The lowest BCUT2D eigenvalue weighted by molar-refractivity contribution is 0.906. The van der Waals surface area contributed by atoms with Crippen molar-refractivity contribution in [1.29, 1.82) is 0 Å². The van der Waals surface area contributed by atoms with Gasteiger partial charge in [-0.1, -0.05) is 6.07 Å². The summed E-state index contributed by atoms with van der Waals surface area (Å²) >= 11 is 0. The summed E-state index contributed by atoms with van der Waals surface area (Å²) in [4.78, 5) is 12.9. The molecule has 1 aromatic heterocycles. The molecule has 1 heterocycles. The summed E-state index contributed by atoms with van der Waals surface area (Å²) in [7, 11) is 0. The van der Waals surface area contributed by atoms with Crippen molar-refractivity contribution in [3.63, 3.8) is 0 Å². The number of benzene rings is 1. The van der Waals surface area contributed by atoms with Crippen LogP contribution in [0, 0.1) is 27.7 Å². The van der Waals surface area contributed by atoms with E-state index in [4.69, 9.17) is 5.73 Å². The zero-order chi connectivity index (χ0) is 15.4. The van der Waals surface area contributed by atoms with E-state index in [1.807, 2.05) is 32.0 Å². The lowest BCUT2D eigenvalue weighted by Crippen LogP contribution is -2.22. The number of hydrogen-bond donors (Lipinski definition) is 2. The fourth-order valence-corrected chi connectivity index (χ4v) is 2.28. The lowest BCUT2D eigenvalue weighted by Gasteiger charge is -2.08. The average Bonchev–Trinajstić information content (AvgIpc) is 2.34. The minimum Gasteiger partial charge on any atom is -0.370 e. The highest BCUT2D eigenvalue weighted by atomic mass is 15.1. The second-order valence-corrected chi connectivity index (χ2v) is 5.25. The zero-order valence-corrected chi connectivity index (χ0v) is 12.9. The molecule has 21 heavy (non-hydrogen) atoms. The molecule has 3 N–H and O–H groups in total. The van der Waals surface area contributed by atoms with Gasteiger partial charge >= 0.3 is 0 Å². The predicted molar refractivity (Wildman–Crippen MR) is 86.4 cm³/mol. The van der Waals surface area contributed by atoms with E-state index in [-0.39, 0.29) is 0 Å². The van der Waals surface area contributed by atoms with Gasteiger partial charge in [-0.3, -0.25) is 0 Å². The van der Waals surface area contributed by atoms with Crippen LogP contribution < -0.4 is 11.1 Å². The maximum Gasteiger partial charge on any atom is 0.193 e. The van der Waals surface area contributed by atoms with Crippen LogP contribution in [0.15, 0.2) is 29.3 Å². The standard InChI is InChI=1S/C16H21N5/c1-10-5-11(2)7-14(6-10)21-16(17)18-9-15-8-12(3)19-13(4)20-15/h5-8H,9H2,1-4H3,(H3,17,18,21). The summed E-state index contributed by atoms with van der Waals surface area (Å²) in [5, 5.41) is 3.11. The van der Waals surface area contributed by atoms with Gasteiger partial charge in [0.05, 0.1) is 12.2 Å². The van der Waals surface area contributed by atoms with Gasteiger partial charge in [-0.05, 0) is 57.0 Å². The Morgan fingerprint density at radius 2 is 1.71 bits per heavy atom. The highest BCUT2D eigenvalue weighted by Gasteiger charge is 2.00. The van der Waals surface area contributed by atoms with Gasteiger partial charge in [0.15, 0.2) is 5.96 Å². The molecule has 2 aromatic rings. The van der Waals surface area contributed by atoms with Gasteiger partial charge < -0.3 is 11.1 Å². The summed E-state index contributed by atoms with van der Waals surface area (Å²) in [6.45, 7) is 8.36. The molecule has 0 radical (unpaired) electrons. The lowest BCUT2D eigenvalue weighted by atomic mass is 10.1. The average molecular weight is 283 g/mol. The number of nitrogens with zero attached hydrogens (tertiary/aromatic N) is 3. The Balaban J connectivity index is 2.07. The molecule has 0 amide bonds. The number of guanidine groups is 1. The van der Waals surface area contributed by atoms with E-state index >= 15 is 0 Å². The van der Waals surface area contributed by atoms with Crippen molar-refractivity contribution in [3.8, 4) is 0 Å². The van der Waals surface area contributed by atoms with Crippen molar-refractivity contribution >= 4 is 11.6 Å². The number of rotatable bonds is 3. The topological polar surface area (TPSA) is 76.2 Å². The summed E-state index contributed by atoms with van der Waals surface area (Å²) in [6.07, 6.45) is 0. The smallest absolute Gasteiger partial charge is 0.193 e. The molecule has 0 saturated heterocycles. The van der Waals surface area contributed by atoms with Crippen LogP contribution in [-0.4, -0.2) is 15.9 Å². The molecule has 110 valence electrons. The van der Waals surface area contributed by atoms with E-state index in [0.29, 0.717) is 12.5 Å². The molecule has 0 bridgehead atoms. The highest BCUT2D eigenvalue weighted by molar-refractivity contribution is 5.92. The van der Waals surface area contributed by atoms with Gasteiger partial charge in [0.1, 0.15) is 5.82 Å². The largest absolute Gasteiger partial charge is 0.370 e. The van der Waals surface area contributed by atoms with E-state index in [1.54, 1.807) is 0 Å². The van der Waals surface area contributed by atoms with Crippen LogP contribution in [0.1, 0.15) is 28.3 Å². The third-order valence-electron chi connectivity index (χ3n) is 2.92.